The van der Waals surface area contributed by atoms with Gasteiger partial charge in [-0.2, -0.15) is 18.2 Å². The average Bonchev–Trinajstić information content (AvgIpc) is 3.14. The second-order valence-electron chi connectivity index (χ2n) is 8.04. The molecule has 0 bridgehead atoms. The Kier molecular flexibility index (Phi) is 6.69. The largest absolute Gasteiger partial charge is 0.490 e. The number of aliphatic imine (C=N–C) groups is 1. The molecule has 1 fully saturated rings. The monoisotopic (exact) mass is 475 g/mol. The number of nitrogens with zero attached hydrogens (tertiary/aromatic N) is 3. The van der Waals surface area contributed by atoms with Crippen LogP contribution in [0.25, 0.3) is 6.08 Å². The number of rotatable bonds is 4. The van der Waals surface area contributed by atoms with Crippen molar-refractivity contribution in [2.75, 3.05) is 31.1 Å². The summed E-state index contributed by atoms with van der Waals surface area (Å²) in [5.41, 5.74) is 0.706. The van der Waals surface area contributed by atoms with Crippen LogP contribution in [0.15, 0.2) is 58.4 Å². The molecule has 5 nitrogen and oxygen atoms in total. The molecule has 9 heteroatoms. The van der Waals surface area contributed by atoms with Gasteiger partial charge in [-0.25, -0.2) is 0 Å². The van der Waals surface area contributed by atoms with Crippen LogP contribution in [-0.4, -0.2) is 48.3 Å². The first-order valence-corrected chi connectivity index (χ1v) is 11.5. The number of hydrogen-bond donors (Lipinski definition) is 0. The number of ether oxygens (including phenoxy) is 1. The van der Waals surface area contributed by atoms with Gasteiger partial charge in [-0.1, -0.05) is 24.3 Å². The lowest BCUT2D eigenvalue weighted by molar-refractivity contribution is -0.137. The van der Waals surface area contributed by atoms with Gasteiger partial charge in [0.2, 0.25) is 0 Å². The molecule has 1 saturated heterocycles. The Morgan fingerprint density at radius 1 is 1.03 bits per heavy atom. The lowest BCUT2D eigenvalue weighted by Crippen LogP contribution is -2.47. The Bertz CT molecular complexity index is 1090. The smallest absolute Gasteiger partial charge is 0.416 e. The number of hydrogen-bond acceptors (Lipinski definition) is 5. The van der Waals surface area contributed by atoms with E-state index in [0.717, 1.165) is 11.6 Å². The molecule has 0 saturated carbocycles. The number of carbonyl (C=O) groups is 1. The minimum Gasteiger partial charge on any atom is -0.490 e. The van der Waals surface area contributed by atoms with Gasteiger partial charge in [0.1, 0.15) is 5.75 Å². The van der Waals surface area contributed by atoms with Crippen LogP contribution >= 0.6 is 11.8 Å². The minimum atomic E-state index is -4.37. The van der Waals surface area contributed by atoms with Crippen molar-refractivity contribution >= 4 is 34.6 Å². The van der Waals surface area contributed by atoms with Gasteiger partial charge in [0.25, 0.3) is 5.91 Å². The number of benzene rings is 2. The quantitative estimate of drug-likeness (QED) is 0.563. The number of amides is 1. The summed E-state index contributed by atoms with van der Waals surface area (Å²) in [5.74, 6) is 0.409. The number of alkyl halides is 3. The highest BCUT2D eigenvalue weighted by atomic mass is 32.2. The Balaban J connectivity index is 1.41. The molecule has 0 spiro atoms. The predicted molar refractivity (Wildman–Crippen MR) is 125 cm³/mol. The van der Waals surface area contributed by atoms with Crippen molar-refractivity contribution in [1.29, 1.82) is 0 Å². The SMILES string of the molecule is CC(C)Oc1ccccc1C=C1SC(N2CCN(c3cccc(C(F)(F)F)c3)CC2)=NC1=O. The maximum Gasteiger partial charge on any atom is 0.416 e. The van der Waals surface area contributed by atoms with Crippen LogP contribution < -0.4 is 9.64 Å². The number of thioether (sulfide) groups is 1. The first-order valence-electron chi connectivity index (χ1n) is 10.7. The Morgan fingerprint density at radius 2 is 1.73 bits per heavy atom. The van der Waals surface area contributed by atoms with Gasteiger partial charge in [-0.05, 0) is 56.0 Å². The number of amidine groups is 1. The Labute approximate surface area is 194 Å². The average molecular weight is 476 g/mol. The number of piperazine rings is 1. The van der Waals surface area contributed by atoms with Gasteiger partial charge in [0, 0.05) is 37.4 Å². The zero-order valence-electron chi connectivity index (χ0n) is 18.3. The third-order valence-corrected chi connectivity index (χ3v) is 6.31. The summed E-state index contributed by atoms with van der Waals surface area (Å²) in [6.45, 7) is 6.10. The number of halogens is 3. The molecule has 2 aromatic rings. The van der Waals surface area contributed by atoms with E-state index in [2.05, 4.69) is 4.99 Å². The molecule has 4 rings (SSSR count). The lowest BCUT2D eigenvalue weighted by atomic mass is 10.1. The summed E-state index contributed by atoms with van der Waals surface area (Å²) in [6.07, 6.45) is -2.56. The van der Waals surface area contributed by atoms with Gasteiger partial charge in [-0.15, -0.1) is 0 Å². The van der Waals surface area contributed by atoms with Crippen LogP contribution in [0, 0.1) is 0 Å². The highest BCUT2D eigenvalue weighted by Crippen LogP contribution is 2.34. The van der Waals surface area contributed by atoms with Crippen molar-refractivity contribution in [3.8, 4) is 5.75 Å². The maximum absolute atomic E-state index is 13.0. The van der Waals surface area contributed by atoms with Crippen LogP contribution in [-0.2, 0) is 11.0 Å². The fraction of sp³-hybridized carbons (Fsp3) is 0.333. The minimum absolute atomic E-state index is 0.0106. The summed E-state index contributed by atoms with van der Waals surface area (Å²) >= 11 is 1.32. The molecule has 33 heavy (non-hydrogen) atoms. The van der Waals surface area contributed by atoms with E-state index >= 15 is 0 Å². The topological polar surface area (TPSA) is 45.1 Å². The molecule has 0 aliphatic carbocycles. The third-order valence-electron chi connectivity index (χ3n) is 5.27. The zero-order chi connectivity index (χ0) is 23.6. The van der Waals surface area contributed by atoms with Gasteiger partial charge < -0.3 is 14.5 Å². The van der Waals surface area contributed by atoms with E-state index in [1.165, 1.54) is 23.9 Å². The van der Waals surface area contributed by atoms with E-state index in [4.69, 9.17) is 4.74 Å². The first-order chi connectivity index (χ1) is 15.7. The normalized spacial score (nSPS) is 18.3. The fourth-order valence-corrected chi connectivity index (χ4v) is 4.63. The highest BCUT2D eigenvalue weighted by molar-refractivity contribution is 8.18. The Hall–Kier alpha value is -2.94. The number of carbonyl (C=O) groups excluding carboxylic acids is 1. The fourth-order valence-electron chi connectivity index (χ4n) is 3.67. The second kappa shape index (κ2) is 9.51. The molecule has 0 aromatic heterocycles. The van der Waals surface area contributed by atoms with E-state index < -0.39 is 11.7 Å². The summed E-state index contributed by atoms with van der Waals surface area (Å²) in [6, 6.07) is 12.9. The molecule has 174 valence electrons. The van der Waals surface area contributed by atoms with Gasteiger partial charge in [0.05, 0.1) is 16.6 Å². The van der Waals surface area contributed by atoms with Crippen molar-refractivity contribution in [1.82, 2.24) is 4.90 Å². The molecule has 2 aliphatic rings. The third kappa shape index (κ3) is 5.52. The molecule has 0 N–H and O–H groups in total. The molecule has 0 atom stereocenters. The summed E-state index contributed by atoms with van der Waals surface area (Å²) < 4.78 is 44.9. The summed E-state index contributed by atoms with van der Waals surface area (Å²) in [4.78, 5) is 21.2. The highest BCUT2D eigenvalue weighted by Gasteiger charge is 2.32. The van der Waals surface area contributed by atoms with Crippen molar-refractivity contribution in [2.24, 2.45) is 4.99 Å². The lowest BCUT2D eigenvalue weighted by Gasteiger charge is -2.36. The Morgan fingerprint density at radius 3 is 2.42 bits per heavy atom. The molecule has 2 heterocycles. The van der Waals surface area contributed by atoms with Crippen LogP contribution in [0.5, 0.6) is 5.75 Å². The molecule has 2 aliphatic heterocycles. The standard InChI is InChI=1S/C24H24F3N3O2S/c1-16(2)32-20-9-4-3-6-17(20)14-21-22(31)28-23(33-21)30-12-10-29(11-13-30)19-8-5-7-18(15-19)24(25,26)27/h3-9,14-16H,10-13H2,1-2H3. The van der Waals surface area contributed by atoms with E-state index in [1.54, 1.807) is 12.1 Å². The van der Waals surface area contributed by atoms with Gasteiger partial charge >= 0.3 is 6.18 Å². The molecule has 0 unspecified atom stereocenters. The maximum atomic E-state index is 13.0. The van der Waals surface area contributed by atoms with Crippen LogP contribution in [0.4, 0.5) is 18.9 Å². The summed E-state index contributed by atoms with van der Waals surface area (Å²) in [7, 11) is 0. The van der Waals surface area contributed by atoms with Crippen molar-refractivity contribution < 1.29 is 22.7 Å². The number of para-hydroxylation sites is 1. The van der Waals surface area contributed by atoms with Crippen LogP contribution in [0.2, 0.25) is 0 Å². The first kappa shape index (κ1) is 23.2. The molecule has 0 radical (unpaired) electrons. The van der Waals surface area contributed by atoms with E-state index in [0.29, 0.717) is 47.7 Å². The van der Waals surface area contributed by atoms with E-state index in [9.17, 15) is 18.0 Å². The van der Waals surface area contributed by atoms with E-state index in [-0.39, 0.29) is 12.0 Å². The summed E-state index contributed by atoms with van der Waals surface area (Å²) in [5, 5.41) is 0.622. The molecular weight excluding hydrogens is 451 g/mol. The van der Waals surface area contributed by atoms with Crippen LogP contribution in [0.3, 0.4) is 0 Å². The van der Waals surface area contributed by atoms with E-state index in [1.807, 2.05) is 47.9 Å². The van der Waals surface area contributed by atoms with Gasteiger partial charge in [-0.3, -0.25) is 4.79 Å². The van der Waals surface area contributed by atoms with Crippen LogP contribution in [0.1, 0.15) is 25.0 Å². The van der Waals surface area contributed by atoms with Gasteiger partial charge in [0.15, 0.2) is 5.17 Å². The van der Waals surface area contributed by atoms with Crippen molar-refractivity contribution in [2.45, 2.75) is 26.1 Å². The van der Waals surface area contributed by atoms with Crippen molar-refractivity contribution in [3.63, 3.8) is 0 Å². The predicted octanol–water partition coefficient (Wildman–Crippen LogP) is 5.29. The zero-order valence-corrected chi connectivity index (χ0v) is 19.1. The molecule has 2 aromatic carbocycles. The second-order valence-corrected chi connectivity index (χ2v) is 9.05. The van der Waals surface area contributed by atoms with Crippen molar-refractivity contribution in [3.05, 3.63) is 64.6 Å². The molecule has 1 amide bonds. The number of anilines is 1. The molecular formula is C24H24F3N3O2S.